The first kappa shape index (κ1) is 21.2. The number of pyridine rings is 1. The van der Waals surface area contributed by atoms with Crippen molar-refractivity contribution in [2.75, 3.05) is 26.2 Å². The van der Waals surface area contributed by atoms with Crippen LogP contribution in [-0.4, -0.2) is 53.2 Å². The van der Waals surface area contributed by atoms with E-state index in [-0.39, 0.29) is 18.4 Å². The Balaban J connectivity index is 1.45. The van der Waals surface area contributed by atoms with Crippen LogP contribution in [0.4, 0.5) is 4.39 Å². The SMILES string of the molecule is NC(=O)C1CCN(CC(O)COc2cc(-c3cncc(F)c3)c3ccccc3c2)CC1. The van der Waals surface area contributed by atoms with Gasteiger partial charge in [0, 0.05) is 24.2 Å². The van der Waals surface area contributed by atoms with Crippen LogP contribution >= 0.6 is 0 Å². The molecule has 3 aromatic rings. The molecule has 1 unspecified atom stereocenters. The number of hydrogen-bond acceptors (Lipinski definition) is 5. The third-order valence-corrected chi connectivity index (χ3v) is 5.75. The van der Waals surface area contributed by atoms with Crippen molar-refractivity contribution in [1.29, 1.82) is 0 Å². The summed E-state index contributed by atoms with van der Waals surface area (Å²) in [6, 6.07) is 13.0. The van der Waals surface area contributed by atoms with Gasteiger partial charge in [0.2, 0.25) is 5.91 Å². The molecule has 6 nitrogen and oxygen atoms in total. The Morgan fingerprint density at radius 3 is 2.74 bits per heavy atom. The Morgan fingerprint density at radius 1 is 1.23 bits per heavy atom. The van der Waals surface area contributed by atoms with E-state index in [1.54, 1.807) is 6.20 Å². The van der Waals surface area contributed by atoms with E-state index in [4.69, 9.17) is 10.5 Å². The van der Waals surface area contributed by atoms with Crippen molar-refractivity contribution in [2.45, 2.75) is 18.9 Å². The summed E-state index contributed by atoms with van der Waals surface area (Å²) in [4.78, 5) is 17.4. The summed E-state index contributed by atoms with van der Waals surface area (Å²) in [6.45, 7) is 2.07. The van der Waals surface area contributed by atoms with Gasteiger partial charge in [0.05, 0.1) is 6.20 Å². The number of aliphatic hydroxyl groups excluding tert-OH is 1. The number of hydrogen-bond donors (Lipinski definition) is 2. The highest BCUT2D eigenvalue weighted by Gasteiger charge is 2.24. The first-order valence-electron chi connectivity index (χ1n) is 10.5. The minimum Gasteiger partial charge on any atom is -0.491 e. The smallest absolute Gasteiger partial charge is 0.220 e. The number of primary amides is 1. The van der Waals surface area contributed by atoms with Crippen molar-refractivity contribution < 1.29 is 19.0 Å². The topological polar surface area (TPSA) is 88.7 Å². The second-order valence-corrected chi connectivity index (χ2v) is 8.03. The lowest BCUT2D eigenvalue weighted by atomic mass is 9.96. The summed E-state index contributed by atoms with van der Waals surface area (Å²) < 4.78 is 19.6. The number of aliphatic hydroxyl groups is 1. The number of nitrogens with two attached hydrogens (primary N) is 1. The number of nitrogens with zero attached hydrogens (tertiary/aromatic N) is 2. The van der Waals surface area contributed by atoms with Crippen LogP contribution in [0.1, 0.15) is 12.8 Å². The number of piperidine rings is 1. The highest BCUT2D eigenvalue weighted by atomic mass is 19.1. The van der Waals surface area contributed by atoms with E-state index in [2.05, 4.69) is 9.88 Å². The Hall–Kier alpha value is -3.03. The van der Waals surface area contributed by atoms with Gasteiger partial charge in [-0.05, 0) is 60.5 Å². The molecule has 1 fully saturated rings. The molecule has 0 saturated carbocycles. The van der Waals surface area contributed by atoms with Gasteiger partial charge in [-0.25, -0.2) is 4.39 Å². The number of rotatable bonds is 7. The van der Waals surface area contributed by atoms with Crippen LogP contribution in [-0.2, 0) is 4.79 Å². The summed E-state index contributed by atoms with van der Waals surface area (Å²) in [5, 5.41) is 12.4. The van der Waals surface area contributed by atoms with E-state index in [1.165, 1.54) is 12.3 Å². The summed E-state index contributed by atoms with van der Waals surface area (Å²) >= 11 is 0. The lowest BCUT2D eigenvalue weighted by Crippen LogP contribution is -2.43. The molecule has 1 aromatic heterocycles. The molecule has 1 atom stereocenters. The van der Waals surface area contributed by atoms with Crippen LogP contribution in [0.5, 0.6) is 5.75 Å². The standard InChI is InChI=1S/C24H26FN3O3/c25-19-9-18(12-27-13-19)23-11-21(10-17-3-1-2-4-22(17)23)31-15-20(29)14-28-7-5-16(6-8-28)24(26)30/h1-4,9-13,16,20,29H,5-8,14-15H2,(H2,26,30). The number of halogens is 1. The van der Waals surface area contributed by atoms with Gasteiger partial charge in [-0.3, -0.25) is 9.78 Å². The van der Waals surface area contributed by atoms with E-state index in [1.807, 2.05) is 36.4 Å². The first-order valence-corrected chi connectivity index (χ1v) is 10.5. The molecule has 0 aliphatic carbocycles. The van der Waals surface area contributed by atoms with Crippen LogP contribution in [0, 0.1) is 11.7 Å². The number of fused-ring (bicyclic) bond motifs is 1. The van der Waals surface area contributed by atoms with Crippen molar-refractivity contribution in [2.24, 2.45) is 11.7 Å². The summed E-state index contributed by atoms with van der Waals surface area (Å²) in [7, 11) is 0. The van der Waals surface area contributed by atoms with Crippen molar-refractivity contribution in [3.05, 3.63) is 60.7 Å². The zero-order chi connectivity index (χ0) is 21.8. The Bertz CT molecular complexity index is 1070. The van der Waals surface area contributed by atoms with Crippen LogP contribution < -0.4 is 10.5 Å². The normalized spacial score (nSPS) is 16.3. The quantitative estimate of drug-likeness (QED) is 0.610. The molecule has 2 heterocycles. The molecule has 0 bridgehead atoms. The molecule has 1 amide bonds. The molecular weight excluding hydrogens is 397 g/mol. The molecule has 1 aliphatic rings. The average Bonchev–Trinajstić information content (AvgIpc) is 2.77. The van der Waals surface area contributed by atoms with Crippen LogP contribution in [0.25, 0.3) is 21.9 Å². The van der Waals surface area contributed by atoms with Crippen molar-refractivity contribution in [1.82, 2.24) is 9.88 Å². The highest BCUT2D eigenvalue weighted by Crippen LogP contribution is 2.33. The summed E-state index contributed by atoms with van der Waals surface area (Å²) in [5.74, 6) is -0.116. The molecule has 31 heavy (non-hydrogen) atoms. The lowest BCUT2D eigenvalue weighted by molar-refractivity contribution is -0.123. The van der Waals surface area contributed by atoms with Crippen molar-refractivity contribution in [3.8, 4) is 16.9 Å². The first-order chi connectivity index (χ1) is 15.0. The fourth-order valence-electron chi connectivity index (χ4n) is 4.11. The second kappa shape index (κ2) is 9.41. The van der Waals surface area contributed by atoms with Crippen molar-refractivity contribution in [3.63, 3.8) is 0 Å². The third kappa shape index (κ3) is 5.18. The van der Waals surface area contributed by atoms with Crippen LogP contribution in [0.3, 0.4) is 0 Å². The molecule has 7 heteroatoms. The highest BCUT2D eigenvalue weighted by molar-refractivity contribution is 5.97. The third-order valence-electron chi connectivity index (χ3n) is 5.75. The maximum absolute atomic E-state index is 13.7. The second-order valence-electron chi connectivity index (χ2n) is 8.03. The predicted octanol–water partition coefficient (Wildman–Crippen LogP) is 2.98. The number of carbonyl (C=O) groups is 1. The monoisotopic (exact) mass is 423 g/mol. The zero-order valence-corrected chi connectivity index (χ0v) is 17.2. The zero-order valence-electron chi connectivity index (χ0n) is 17.2. The summed E-state index contributed by atoms with van der Waals surface area (Å²) in [6.07, 6.45) is 3.57. The van der Waals surface area contributed by atoms with Gasteiger partial charge in [0.25, 0.3) is 0 Å². The molecule has 2 aromatic carbocycles. The van der Waals surface area contributed by atoms with Gasteiger partial charge < -0.3 is 20.5 Å². The van der Waals surface area contributed by atoms with Gasteiger partial charge in [-0.1, -0.05) is 24.3 Å². The maximum atomic E-state index is 13.7. The van der Waals surface area contributed by atoms with E-state index < -0.39 is 11.9 Å². The Morgan fingerprint density at radius 2 is 2.00 bits per heavy atom. The molecule has 0 spiro atoms. The Kier molecular flexibility index (Phi) is 6.44. The van der Waals surface area contributed by atoms with Gasteiger partial charge in [0.1, 0.15) is 24.3 Å². The number of amides is 1. The van der Waals surface area contributed by atoms with Gasteiger partial charge in [-0.2, -0.15) is 0 Å². The average molecular weight is 423 g/mol. The molecule has 3 N–H and O–H groups in total. The van der Waals surface area contributed by atoms with E-state index in [0.717, 1.165) is 42.3 Å². The molecular formula is C24H26FN3O3. The largest absolute Gasteiger partial charge is 0.491 e. The van der Waals surface area contributed by atoms with E-state index >= 15 is 0 Å². The number of aromatic nitrogens is 1. The van der Waals surface area contributed by atoms with Crippen LogP contribution in [0.2, 0.25) is 0 Å². The fourth-order valence-corrected chi connectivity index (χ4v) is 4.11. The number of benzene rings is 2. The number of carbonyl (C=O) groups excluding carboxylic acids is 1. The molecule has 1 saturated heterocycles. The molecule has 162 valence electrons. The molecule has 1 aliphatic heterocycles. The van der Waals surface area contributed by atoms with E-state index in [0.29, 0.717) is 17.9 Å². The Labute approximate surface area is 180 Å². The minimum atomic E-state index is -0.670. The van der Waals surface area contributed by atoms with E-state index in [9.17, 15) is 14.3 Å². The van der Waals surface area contributed by atoms with Gasteiger partial charge >= 0.3 is 0 Å². The lowest BCUT2D eigenvalue weighted by Gasteiger charge is -2.31. The van der Waals surface area contributed by atoms with Crippen LogP contribution in [0.15, 0.2) is 54.9 Å². The van der Waals surface area contributed by atoms with Gasteiger partial charge in [0.15, 0.2) is 0 Å². The van der Waals surface area contributed by atoms with Gasteiger partial charge in [-0.15, -0.1) is 0 Å². The summed E-state index contributed by atoms with van der Waals surface area (Å²) in [5.41, 5.74) is 6.86. The fraction of sp³-hybridized carbons (Fsp3) is 0.333. The number of likely N-dealkylation sites (tertiary alicyclic amines) is 1. The molecule has 0 radical (unpaired) electrons. The number of ether oxygens (including phenoxy) is 1. The maximum Gasteiger partial charge on any atom is 0.220 e. The van der Waals surface area contributed by atoms with Crippen molar-refractivity contribution >= 4 is 16.7 Å². The molecule has 4 rings (SSSR count). The minimum absolute atomic E-state index is 0.0713. The number of β-amino-alcohol motifs (C(OH)–C–C–N with tert-alkyl or cyclic N) is 1. The predicted molar refractivity (Wildman–Crippen MR) is 117 cm³/mol.